The fourth-order valence-corrected chi connectivity index (χ4v) is 3.73. The molecule has 0 saturated carbocycles. The summed E-state index contributed by atoms with van der Waals surface area (Å²) < 4.78 is 32.8. The molecule has 2 N–H and O–H groups in total. The second-order valence-corrected chi connectivity index (χ2v) is 7.95. The van der Waals surface area contributed by atoms with Crippen molar-refractivity contribution >= 4 is 38.9 Å². The van der Waals surface area contributed by atoms with Crippen LogP contribution in [0, 0.1) is 0 Å². The number of carbonyl (C=O) groups is 1. The van der Waals surface area contributed by atoms with Gasteiger partial charge in [0.05, 0.1) is 17.7 Å². The maximum absolute atomic E-state index is 12.6. The summed E-state index contributed by atoms with van der Waals surface area (Å²) >= 11 is 5.89. The number of sulfonamides is 1. The van der Waals surface area contributed by atoms with Gasteiger partial charge < -0.3 is 10.1 Å². The van der Waals surface area contributed by atoms with E-state index in [0.717, 1.165) is 0 Å². The van der Waals surface area contributed by atoms with Crippen LogP contribution in [0.3, 0.4) is 0 Å². The molecular formula is C20H17ClN2O4S. The minimum atomic E-state index is -3.87. The zero-order valence-corrected chi connectivity index (χ0v) is 16.4. The van der Waals surface area contributed by atoms with Crippen LogP contribution in [0.5, 0.6) is 5.75 Å². The molecular weight excluding hydrogens is 400 g/mol. The smallest absolute Gasteiger partial charge is 0.261 e. The summed E-state index contributed by atoms with van der Waals surface area (Å²) in [4.78, 5) is 12.4. The normalized spacial score (nSPS) is 10.9. The summed E-state index contributed by atoms with van der Waals surface area (Å²) in [6.45, 7) is 0. The number of rotatable bonds is 6. The molecule has 0 saturated heterocycles. The Morgan fingerprint density at radius 3 is 2.32 bits per heavy atom. The van der Waals surface area contributed by atoms with Gasteiger partial charge in [0.15, 0.2) is 0 Å². The monoisotopic (exact) mass is 416 g/mol. The summed E-state index contributed by atoms with van der Waals surface area (Å²) in [6, 6.07) is 19.0. The highest BCUT2D eigenvalue weighted by atomic mass is 35.5. The number of nitrogens with one attached hydrogen (secondary N) is 2. The number of benzene rings is 3. The van der Waals surface area contributed by atoms with E-state index >= 15 is 0 Å². The van der Waals surface area contributed by atoms with E-state index in [2.05, 4.69) is 10.0 Å². The highest BCUT2D eigenvalue weighted by molar-refractivity contribution is 7.92. The number of anilines is 2. The lowest BCUT2D eigenvalue weighted by Gasteiger charge is -2.10. The molecule has 0 aromatic heterocycles. The van der Waals surface area contributed by atoms with Crippen molar-refractivity contribution in [1.29, 1.82) is 0 Å². The molecule has 3 rings (SSSR count). The number of ether oxygens (including phenoxy) is 1. The molecule has 28 heavy (non-hydrogen) atoms. The first-order chi connectivity index (χ1) is 13.4. The molecule has 0 heterocycles. The number of halogens is 1. The van der Waals surface area contributed by atoms with Gasteiger partial charge in [0.1, 0.15) is 5.75 Å². The Labute approximate surface area is 168 Å². The van der Waals surface area contributed by atoms with Gasteiger partial charge in [-0.05, 0) is 60.7 Å². The molecule has 0 bridgehead atoms. The van der Waals surface area contributed by atoms with Crippen molar-refractivity contribution in [3.8, 4) is 5.75 Å². The molecule has 0 unspecified atom stereocenters. The average Bonchev–Trinajstić information content (AvgIpc) is 2.68. The molecule has 0 aliphatic carbocycles. The lowest BCUT2D eigenvalue weighted by Crippen LogP contribution is -2.16. The third-order valence-corrected chi connectivity index (χ3v) is 5.45. The zero-order chi connectivity index (χ0) is 20.1. The van der Waals surface area contributed by atoms with Crippen LogP contribution in [0.4, 0.5) is 11.4 Å². The molecule has 3 aromatic rings. The SMILES string of the molecule is COc1ccc(NC(=O)c2cccc(S(=O)(=O)Nc3cccc(Cl)c3)c2)cc1. The van der Waals surface area contributed by atoms with Crippen LogP contribution in [0.2, 0.25) is 5.02 Å². The Balaban J connectivity index is 1.79. The molecule has 1 amide bonds. The molecule has 3 aromatic carbocycles. The van der Waals surface area contributed by atoms with Gasteiger partial charge in [-0.3, -0.25) is 9.52 Å². The maximum atomic E-state index is 12.6. The Morgan fingerprint density at radius 2 is 1.64 bits per heavy atom. The summed E-state index contributed by atoms with van der Waals surface area (Å²) in [6.07, 6.45) is 0. The number of hydrogen-bond donors (Lipinski definition) is 2. The summed E-state index contributed by atoms with van der Waals surface area (Å²) in [5.41, 5.74) is 1.11. The van der Waals surface area contributed by atoms with Crippen molar-refractivity contribution in [2.24, 2.45) is 0 Å². The van der Waals surface area contributed by atoms with Crippen LogP contribution in [0.1, 0.15) is 10.4 Å². The minimum absolute atomic E-state index is 0.0325. The van der Waals surface area contributed by atoms with E-state index in [9.17, 15) is 13.2 Å². The van der Waals surface area contributed by atoms with Gasteiger partial charge in [0.2, 0.25) is 0 Å². The maximum Gasteiger partial charge on any atom is 0.261 e. The first-order valence-corrected chi connectivity index (χ1v) is 10.1. The third-order valence-electron chi connectivity index (χ3n) is 3.83. The van der Waals surface area contributed by atoms with Crippen molar-refractivity contribution in [2.75, 3.05) is 17.1 Å². The van der Waals surface area contributed by atoms with Crippen LogP contribution in [-0.2, 0) is 10.0 Å². The Morgan fingerprint density at radius 1 is 0.929 bits per heavy atom. The Kier molecular flexibility index (Phi) is 5.87. The molecule has 0 spiro atoms. The van der Waals surface area contributed by atoms with Gasteiger partial charge in [-0.2, -0.15) is 0 Å². The predicted molar refractivity (Wildman–Crippen MR) is 110 cm³/mol. The van der Waals surface area contributed by atoms with Gasteiger partial charge in [0, 0.05) is 16.3 Å². The van der Waals surface area contributed by atoms with Crippen LogP contribution in [-0.4, -0.2) is 21.4 Å². The first-order valence-electron chi connectivity index (χ1n) is 8.21. The molecule has 6 nitrogen and oxygen atoms in total. The number of methoxy groups -OCH3 is 1. The molecule has 0 atom stereocenters. The molecule has 0 aliphatic heterocycles. The first kappa shape index (κ1) is 19.7. The third kappa shape index (κ3) is 4.82. The molecule has 144 valence electrons. The fourth-order valence-electron chi connectivity index (χ4n) is 2.45. The number of hydrogen-bond acceptors (Lipinski definition) is 4. The predicted octanol–water partition coefficient (Wildman–Crippen LogP) is 4.40. The van der Waals surface area contributed by atoms with Gasteiger partial charge in [0.25, 0.3) is 15.9 Å². The zero-order valence-electron chi connectivity index (χ0n) is 14.8. The fraction of sp³-hybridized carbons (Fsp3) is 0.0500. The Bertz CT molecular complexity index is 1100. The van der Waals surface area contributed by atoms with Crippen LogP contribution >= 0.6 is 11.6 Å². The second kappa shape index (κ2) is 8.33. The van der Waals surface area contributed by atoms with E-state index in [0.29, 0.717) is 22.1 Å². The molecule has 8 heteroatoms. The number of amides is 1. The topological polar surface area (TPSA) is 84.5 Å². The largest absolute Gasteiger partial charge is 0.497 e. The quantitative estimate of drug-likeness (QED) is 0.623. The summed E-state index contributed by atoms with van der Waals surface area (Å²) in [5, 5.41) is 3.13. The van der Waals surface area contributed by atoms with Crippen LogP contribution < -0.4 is 14.8 Å². The van der Waals surface area contributed by atoms with Gasteiger partial charge in [-0.15, -0.1) is 0 Å². The van der Waals surface area contributed by atoms with E-state index in [1.807, 2.05) is 0 Å². The van der Waals surface area contributed by atoms with E-state index in [1.165, 1.54) is 30.3 Å². The lowest BCUT2D eigenvalue weighted by atomic mass is 10.2. The molecule has 0 radical (unpaired) electrons. The van der Waals surface area contributed by atoms with E-state index < -0.39 is 15.9 Å². The van der Waals surface area contributed by atoms with Crippen molar-refractivity contribution < 1.29 is 17.9 Å². The van der Waals surface area contributed by atoms with Crippen molar-refractivity contribution in [3.05, 3.63) is 83.4 Å². The van der Waals surface area contributed by atoms with Crippen LogP contribution in [0.15, 0.2) is 77.7 Å². The molecule has 0 fully saturated rings. The summed E-state index contributed by atoms with van der Waals surface area (Å²) in [5.74, 6) is 0.239. The van der Waals surface area contributed by atoms with Gasteiger partial charge in [-0.1, -0.05) is 23.7 Å². The van der Waals surface area contributed by atoms with Crippen molar-refractivity contribution in [1.82, 2.24) is 0 Å². The second-order valence-electron chi connectivity index (χ2n) is 5.83. The Hall–Kier alpha value is -3.03. The lowest BCUT2D eigenvalue weighted by molar-refractivity contribution is 0.102. The highest BCUT2D eigenvalue weighted by Crippen LogP contribution is 2.21. The van der Waals surface area contributed by atoms with E-state index in [-0.39, 0.29) is 10.5 Å². The van der Waals surface area contributed by atoms with Gasteiger partial charge >= 0.3 is 0 Å². The standard InChI is InChI=1S/C20H17ClN2O4S/c1-27-18-10-8-16(9-11-18)22-20(24)14-4-2-7-19(12-14)28(25,26)23-17-6-3-5-15(21)13-17/h2-13,23H,1H3,(H,22,24). The van der Waals surface area contributed by atoms with E-state index in [1.54, 1.807) is 49.6 Å². The summed E-state index contributed by atoms with van der Waals surface area (Å²) in [7, 11) is -2.32. The van der Waals surface area contributed by atoms with Crippen LogP contribution in [0.25, 0.3) is 0 Å². The van der Waals surface area contributed by atoms with Crippen molar-refractivity contribution in [3.63, 3.8) is 0 Å². The van der Waals surface area contributed by atoms with Crippen molar-refractivity contribution in [2.45, 2.75) is 4.90 Å². The minimum Gasteiger partial charge on any atom is -0.497 e. The van der Waals surface area contributed by atoms with E-state index in [4.69, 9.17) is 16.3 Å². The average molecular weight is 417 g/mol. The van der Waals surface area contributed by atoms with Gasteiger partial charge in [-0.25, -0.2) is 8.42 Å². The highest BCUT2D eigenvalue weighted by Gasteiger charge is 2.17. The number of carbonyl (C=O) groups excluding carboxylic acids is 1. The molecule has 0 aliphatic rings.